The van der Waals surface area contributed by atoms with E-state index < -0.39 is 4.92 Å². The van der Waals surface area contributed by atoms with Gasteiger partial charge in [-0.25, -0.2) is 4.99 Å². The van der Waals surface area contributed by atoms with Gasteiger partial charge >= 0.3 is 0 Å². The van der Waals surface area contributed by atoms with Gasteiger partial charge in [-0.1, -0.05) is 36.4 Å². The number of guanidine groups is 1. The SMILES string of the molecule is COCCNC(=NCc1ccc([N+](=O)[O-])cc1)NCc1ccccc1C. The molecule has 0 fully saturated rings. The molecule has 2 N–H and O–H groups in total. The molecule has 0 spiro atoms. The highest BCUT2D eigenvalue weighted by Gasteiger charge is 2.05. The van der Waals surface area contributed by atoms with Crippen LogP contribution >= 0.6 is 0 Å². The van der Waals surface area contributed by atoms with Crippen molar-refractivity contribution >= 4 is 11.6 Å². The number of aryl methyl sites for hydroxylation is 1. The molecule has 0 amide bonds. The van der Waals surface area contributed by atoms with Gasteiger partial charge in [-0.2, -0.15) is 0 Å². The highest BCUT2D eigenvalue weighted by atomic mass is 16.6. The maximum absolute atomic E-state index is 10.7. The Kier molecular flexibility index (Phi) is 7.57. The van der Waals surface area contributed by atoms with Crippen molar-refractivity contribution < 1.29 is 9.66 Å². The number of benzene rings is 2. The number of aliphatic imine (C=N–C) groups is 1. The Morgan fingerprint density at radius 2 is 1.88 bits per heavy atom. The minimum Gasteiger partial charge on any atom is -0.383 e. The highest BCUT2D eigenvalue weighted by Crippen LogP contribution is 2.12. The predicted molar refractivity (Wildman–Crippen MR) is 102 cm³/mol. The zero-order valence-corrected chi connectivity index (χ0v) is 15.1. The average Bonchev–Trinajstić information content (AvgIpc) is 2.65. The lowest BCUT2D eigenvalue weighted by Crippen LogP contribution is -2.38. The summed E-state index contributed by atoms with van der Waals surface area (Å²) in [6, 6.07) is 14.6. The minimum atomic E-state index is -0.408. The second-order valence-electron chi connectivity index (χ2n) is 5.79. The number of hydrogen-bond acceptors (Lipinski definition) is 4. The lowest BCUT2D eigenvalue weighted by atomic mass is 10.1. The van der Waals surface area contributed by atoms with Crippen molar-refractivity contribution in [3.8, 4) is 0 Å². The van der Waals surface area contributed by atoms with E-state index in [9.17, 15) is 10.1 Å². The first-order valence-corrected chi connectivity index (χ1v) is 8.39. The van der Waals surface area contributed by atoms with Crippen LogP contribution in [0.25, 0.3) is 0 Å². The Hall–Kier alpha value is -2.93. The van der Waals surface area contributed by atoms with Crippen molar-refractivity contribution in [1.82, 2.24) is 10.6 Å². The third-order valence-electron chi connectivity index (χ3n) is 3.87. The third kappa shape index (κ3) is 6.18. The zero-order chi connectivity index (χ0) is 18.8. The second-order valence-corrected chi connectivity index (χ2v) is 5.79. The molecule has 0 atom stereocenters. The molecule has 0 aliphatic rings. The molecule has 0 unspecified atom stereocenters. The average molecular weight is 356 g/mol. The Morgan fingerprint density at radius 1 is 1.15 bits per heavy atom. The molecule has 0 bridgehead atoms. The molecular weight excluding hydrogens is 332 g/mol. The smallest absolute Gasteiger partial charge is 0.269 e. The van der Waals surface area contributed by atoms with E-state index in [0.29, 0.717) is 32.2 Å². The Bertz CT molecular complexity index is 745. The fraction of sp³-hybridized carbons (Fsp3) is 0.316. The van der Waals surface area contributed by atoms with Crippen LogP contribution in [0, 0.1) is 17.0 Å². The number of nitrogens with one attached hydrogen (secondary N) is 2. The van der Waals surface area contributed by atoms with E-state index in [2.05, 4.69) is 34.7 Å². The molecule has 0 aliphatic carbocycles. The molecule has 0 heterocycles. The summed E-state index contributed by atoms with van der Waals surface area (Å²) < 4.78 is 5.06. The van der Waals surface area contributed by atoms with Gasteiger partial charge in [-0.05, 0) is 23.6 Å². The maximum atomic E-state index is 10.7. The van der Waals surface area contributed by atoms with Crippen LogP contribution in [0.4, 0.5) is 5.69 Å². The normalized spacial score (nSPS) is 11.2. The van der Waals surface area contributed by atoms with Gasteiger partial charge in [-0.15, -0.1) is 0 Å². The Morgan fingerprint density at radius 3 is 2.54 bits per heavy atom. The molecule has 2 rings (SSSR count). The minimum absolute atomic E-state index is 0.0776. The monoisotopic (exact) mass is 356 g/mol. The van der Waals surface area contributed by atoms with E-state index in [1.165, 1.54) is 23.3 Å². The van der Waals surface area contributed by atoms with Crippen LogP contribution in [-0.2, 0) is 17.8 Å². The molecule has 0 aromatic heterocycles. The highest BCUT2D eigenvalue weighted by molar-refractivity contribution is 5.79. The summed E-state index contributed by atoms with van der Waals surface area (Å²) in [5, 5.41) is 17.2. The van der Waals surface area contributed by atoms with Crippen LogP contribution in [0.2, 0.25) is 0 Å². The molecule has 26 heavy (non-hydrogen) atoms. The second kappa shape index (κ2) is 10.1. The number of ether oxygens (including phenoxy) is 1. The van der Waals surface area contributed by atoms with E-state index in [4.69, 9.17) is 4.74 Å². The van der Waals surface area contributed by atoms with Gasteiger partial charge in [0.2, 0.25) is 0 Å². The van der Waals surface area contributed by atoms with Gasteiger partial charge in [0.05, 0.1) is 18.1 Å². The van der Waals surface area contributed by atoms with E-state index >= 15 is 0 Å². The summed E-state index contributed by atoms with van der Waals surface area (Å²) in [6.07, 6.45) is 0. The van der Waals surface area contributed by atoms with Crippen LogP contribution < -0.4 is 10.6 Å². The summed E-state index contributed by atoms with van der Waals surface area (Å²) in [7, 11) is 1.65. The Balaban J connectivity index is 2.01. The van der Waals surface area contributed by atoms with Gasteiger partial charge in [0, 0.05) is 32.3 Å². The first-order valence-electron chi connectivity index (χ1n) is 8.39. The number of rotatable bonds is 8. The predicted octanol–water partition coefficient (Wildman–Crippen LogP) is 2.79. The molecular formula is C19H24N4O3. The largest absolute Gasteiger partial charge is 0.383 e. The molecule has 0 radical (unpaired) electrons. The summed E-state index contributed by atoms with van der Waals surface area (Å²) >= 11 is 0. The lowest BCUT2D eigenvalue weighted by molar-refractivity contribution is -0.384. The molecule has 0 aliphatic heterocycles. The molecule has 0 saturated carbocycles. The topological polar surface area (TPSA) is 88.8 Å². The number of nitro groups is 1. The molecule has 138 valence electrons. The van der Waals surface area contributed by atoms with E-state index in [1.54, 1.807) is 19.2 Å². The molecule has 2 aromatic rings. The van der Waals surface area contributed by atoms with Crippen molar-refractivity contribution in [2.75, 3.05) is 20.3 Å². The summed E-state index contributed by atoms with van der Waals surface area (Å²) in [6.45, 7) is 4.36. The van der Waals surface area contributed by atoms with Crippen LogP contribution in [-0.4, -0.2) is 31.1 Å². The van der Waals surface area contributed by atoms with Gasteiger partial charge in [0.1, 0.15) is 0 Å². The molecule has 2 aromatic carbocycles. The van der Waals surface area contributed by atoms with Crippen LogP contribution in [0.3, 0.4) is 0 Å². The van der Waals surface area contributed by atoms with Crippen molar-refractivity contribution in [1.29, 1.82) is 0 Å². The number of nitrogens with zero attached hydrogens (tertiary/aromatic N) is 2. The standard InChI is InChI=1S/C19H24N4O3/c1-15-5-3-4-6-17(15)14-22-19(20-11-12-26-2)21-13-16-7-9-18(10-8-16)23(24)25/h3-10H,11-14H2,1-2H3,(H2,20,21,22). The quantitative estimate of drug-likeness (QED) is 0.250. The molecule has 0 saturated heterocycles. The van der Waals surface area contributed by atoms with E-state index in [0.717, 1.165) is 5.56 Å². The number of nitro benzene ring substituents is 1. The summed E-state index contributed by atoms with van der Waals surface area (Å²) in [4.78, 5) is 14.9. The molecule has 7 heteroatoms. The van der Waals surface area contributed by atoms with Crippen LogP contribution in [0.5, 0.6) is 0 Å². The molecule has 7 nitrogen and oxygen atoms in total. The Labute approximate surface area is 153 Å². The van der Waals surface area contributed by atoms with E-state index in [-0.39, 0.29) is 5.69 Å². The van der Waals surface area contributed by atoms with Gasteiger partial charge in [0.15, 0.2) is 5.96 Å². The van der Waals surface area contributed by atoms with Crippen molar-refractivity contribution in [2.45, 2.75) is 20.0 Å². The summed E-state index contributed by atoms with van der Waals surface area (Å²) in [5.41, 5.74) is 3.39. The van der Waals surface area contributed by atoms with Crippen LogP contribution in [0.15, 0.2) is 53.5 Å². The van der Waals surface area contributed by atoms with E-state index in [1.807, 2.05) is 12.1 Å². The van der Waals surface area contributed by atoms with Gasteiger partial charge in [-0.3, -0.25) is 10.1 Å². The fourth-order valence-corrected chi connectivity index (χ4v) is 2.33. The van der Waals surface area contributed by atoms with Crippen molar-refractivity contribution in [3.05, 3.63) is 75.3 Å². The van der Waals surface area contributed by atoms with Gasteiger partial charge in [0.25, 0.3) is 5.69 Å². The summed E-state index contributed by atoms with van der Waals surface area (Å²) in [5.74, 6) is 0.670. The first-order chi connectivity index (χ1) is 12.6. The van der Waals surface area contributed by atoms with Crippen LogP contribution in [0.1, 0.15) is 16.7 Å². The van der Waals surface area contributed by atoms with Crippen molar-refractivity contribution in [3.63, 3.8) is 0 Å². The first kappa shape index (κ1) is 19.4. The maximum Gasteiger partial charge on any atom is 0.269 e. The fourth-order valence-electron chi connectivity index (χ4n) is 2.33. The number of methoxy groups -OCH3 is 1. The third-order valence-corrected chi connectivity index (χ3v) is 3.87. The lowest BCUT2D eigenvalue weighted by Gasteiger charge is -2.13. The zero-order valence-electron chi connectivity index (χ0n) is 15.1. The van der Waals surface area contributed by atoms with Gasteiger partial charge < -0.3 is 15.4 Å². The number of non-ortho nitro benzene ring substituents is 1. The van der Waals surface area contributed by atoms with Crippen molar-refractivity contribution in [2.24, 2.45) is 4.99 Å². The number of hydrogen-bond donors (Lipinski definition) is 2.